The molecule has 1 heterocycles. The minimum atomic E-state index is -0.576. The molecule has 24 heavy (non-hydrogen) atoms. The molecule has 2 N–H and O–H groups in total. The van der Waals surface area contributed by atoms with E-state index in [9.17, 15) is 10.2 Å². The third-order valence-corrected chi connectivity index (χ3v) is 7.00. The van der Waals surface area contributed by atoms with E-state index in [0.29, 0.717) is 11.5 Å². The summed E-state index contributed by atoms with van der Waals surface area (Å²) in [6.45, 7) is 8.32. The Morgan fingerprint density at radius 2 is 1.21 bits per heavy atom. The number of aliphatic hydroxyl groups excluding tert-OH is 2. The van der Waals surface area contributed by atoms with Crippen LogP contribution in [0.1, 0.15) is 27.7 Å². The first-order chi connectivity index (χ1) is 11.2. The van der Waals surface area contributed by atoms with Gasteiger partial charge in [0.15, 0.2) is 0 Å². The number of hydrogen-bond acceptors (Lipinski definition) is 6. The van der Waals surface area contributed by atoms with Crippen LogP contribution in [-0.4, -0.2) is 58.3 Å². The summed E-state index contributed by atoms with van der Waals surface area (Å²) in [6, 6.07) is 8.07. The molecule has 0 aliphatic carbocycles. The van der Waals surface area contributed by atoms with Gasteiger partial charge in [-0.05, 0) is 39.8 Å². The van der Waals surface area contributed by atoms with E-state index in [-0.39, 0.29) is 13.2 Å². The molecule has 2 rings (SSSR count). The molecule has 0 amide bonds. The summed E-state index contributed by atoms with van der Waals surface area (Å²) in [5.74, 6) is 1.13. The summed E-state index contributed by atoms with van der Waals surface area (Å²) in [6.07, 6.45) is -1.09. The Hall–Kier alpha value is -0.240. The van der Waals surface area contributed by atoms with Crippen LogP contribution >= 0.6 is 23.5 Å². The van der Waals surface area contributed by atoms with Crippen molar-refractivity contribution in [1.29, 1.82) is 0 Å². The molecule has 0 saturated carbocycles. The molecule has 0 bridgehead atoms. The predicted octanol–water partition coefficient (Wildman–Crippen LogP) is 3.20. The van der Waals surface area contributed by atoms with Crippen molar-refractivity contribution in [2.45, 2.75) is 60.9 Å². The van der Waals surface area contributed by atoms with Gasteiger partial charge in [-0.25, -0.2) is 0 Å². The minimum absolute atomic E-state index is 0.255. The van der Waals surface area contributed by atoms with Gasteiger partial charge in [-0.15, -0.1) is 23.5 Å². The van der Waals surface area contributed by atoms with Gasteiger partial charge in [0.25, 0.3) is 0 Å². The Bertz CT molecular complexity index is 487. The quantitative estimate of drug-likeness (QED) is 0.729. The maximum atomic E-state index is 10.3. The van der Waals surface area contributed by atoms with Gasteiger partial charge < -0.3 is 19.7 Å². The second-order valence-corrected chi connectivity index (χ2v) is 9.14. The van der Waals surface area contributed by atoms with Crippen molar-refractivity contribution >= 4 is 23.5 Å². The lowest BCUT2D eigenvalue weighted by Crippen LogP contribution is -2.51. The summed E-state index contributed by atoms with van der Waals surface area (Å²) in [5, 5.41) is 20.5. The maximum Gasteiger partial charge on any atom is 0.0910 e. The fourth-order valence-electron chi connectivity index (χ4n) is 2.11. The van der Waals surface area contributed by atoms with Crippen molar-refractivity contribution in [1.82, 2.24) is 0 Å². The van der Waals surface area contributed by atoms with Crippen LogP contribution in [-0.2, 0) is 9.47 Å². The van der Waals surface area contributed by atoms with Crippen molar-refractivity contribution < 1.29 is 19.7 Å². The average Bonchev–Trinajstić information content (AvgIpc) is 2.54. The zero-order valence-electron chi connectivity index (χ0n) is 14.8. The van der Waals surface area contributed by atoms with Crippen molar-refractivity contribution in [3.05, 3.63) is 24.3 Å². The number of aliphatic hydroxyl groups is 2. The molecule has 1 aromatic carbocycles. The highest BCUT2D eigenvalue weighted by Crippen LogP contribution is 2.34. The van der Waals surface area contributed by atoms with Crippen LogP contribution in [0.4, 0.5) is 0 Å². The van der Waals surface area contributed by atoms with Gasteiger partial charge in [-0.3, -0.25) is 0 Å². The standard InChI is InChI=1S/C18H28O4S2/c1-17(2)18(3,4)22-10-14(20)12-24-16-8-6-5-7-15(16)23-11-13(19)9-21-17/h5-8,13-14,19-20H,9-12H2,1-4H3. The van der Waals surface area contributed by atoms with E-state index in [2.05, 4.69) is 0 Å². The van der Waals surface area contributed by atoms with E-state index < -0.39 is 23.4 Å². The molecular formula is C18H28O4S2. The number of fused-ring (bicyclic) bond motifs is 1. The number of benzene rings is 1. The molecule has 0 aromatic heterocycles. The first kappa shape index (κ1) is 20.1. The normalized spacial score (nSPS) is 28.6. The average molecular weight is 373 g/mol. The molecule has 1 aliphatic heterocycles. The van der Waals surface area contributed by atoms with Crippen LogP contribution in [0.3, 0.4) is 0 Å². The van der Waals surface area contributed by atoms with Crippen LogP contribution < -0.4 is 0 Å². The highest BCUT2D eigenvalue weighted by atomic mass is 32.2. The monoisotopic (exact) mass is 372 g/mol. The molecule has 0 saturated heterocycles. The Labute approximate surface area is 153 Å². The van der Waals surface area contributed by atoms with Gasteiger partial charge in [0.2, 0.25) is 0 Å². The SMILES string of the molecule is CC1(C)OCC(O)CSc2ccccc2SCC(O)COC1(C)C. The fraction of sp³-hybridized carbons (Fsp3) is 0.667. The van der Waals surface area contributed by atoms with Crippen molar-refractivity contribution in [2.24, 2.45) is 0 Å². The molecular weight excluding hydrogens is 344 g/mol. The third kappa shape index (κ3) is 5.38. The van der Waals surface area contributed by atoms with Gasteiger partial charge in [0, 0.05) is 21.3 Å². The molecule has 0 radical (unpaired) electrons. The van der Waals surface area contributed by atoms with E-state index in [4.69, 9.17) is 9.47 Å². The van der Waals surface area contributed by atoms with Gasteiger partial charge in [0.05, 0.1) is 36.6 Å². The third-order valence-electron chi connectivity index (χ3n) is 4.43. The molecule has 2 atom stereocenters. The van der Waals surface area contributed by atoms with Crippen LogP contribution in [0.25, 0.3) is 0 Å². The molecule has 1 aromatic rings. The number of rotatable bonds is 0. The van der Waals surface area contributed by atoms with Crippen LogP contribution in [0.2, 0.25) is 0 Å². The molecule has 2 unspecified atom stereocenters. The first-order valence-corrected chi connectivity index (χ1v) is 10.2. The molecule has 4 nitrogen and oxygen atoms in total. The van der Waals surface area contributed by atoms with E-state index in [1.807, 2.05) is 52.0 Å². The summed E-state index contributed by atoms with van der Waals surface area (Å²) in [7, 11) is 0. The van der Waals surface area contributed by atoms with Crippen molar-refractivity contribution in [3.8, 4) is 0 Å². The number of thioether (sulfide) groups is 2. The lowest BCUT2D eigenvalue weighted by molar-refractivity contribution is -0.192. The van der Waals surface area contributed by atoms with E-state index in [1.54, 1.807) is 23.5 Å². The van der Waals surface area contributed by atoms with Crippen LogP contribution in [0.5, 0.6) is 0 Å². The Kier molecular flexibility index (Phi) is 7.05. The minimum Gasteiger partial charge on any atom is -0.390 e. The molecule has 0 spiro atoms. The molecule has 136 valence electrons. The van der Waals surface area contributed by atoms with Crippen LogP contribution in [0.15, 0.2) is 34.1 Å². The van der Waals surface area contributed by atoms with Crippen molar-refractivity contribution in [2.75, 3.05) is 24.7 Å². The largest absolute Gasteiger partial charge is 0.390 e. The fourth-order valence-corrected chi connectivity index (χ4v) is 4.17. The zero-order chi connectivity index (χ0) is 17.8. The zero-order valence-corrected chi connectivity index (χ0v) is 16.5. The topological polar surface area (TPSA) is 58.9 Å². The highest BCUT2D eigenvalue weighted by Gasteiger charge is 2.40. The Morgan fingerprint density at radius 3 is 1.58 bits per heavy atom. The summed E-state index contributed by atoms with van der Waals surface area (Å²) in [4.78, 5) is 2.23. The predicted molar refractivity (Wildman–Crippen MR) is 100.0 cm³/mol. The summed E-state index contributed by atoms with van der Waals surface area (Å²) < 4.78 is 11.9. The second-order valence-electron chi connectivity index (χ2n) is 7.02. The van der Waals surface area contributed by atoms with Gasteiger partial charge >= 0.3 is 0 Å². The van der Waals surface area contributed by atoms with E-state index in [0.717, 1.165) is 9.79 Å². The van der Waals surface area contributed by atoms with Crippen molar-refractivity contribution in [3.63, 3.8) is 0 Å². The van der Waals surface area contributed by atoms with Gasteiger partial charge in [-0.1, -0.05) is 12.1 Å². The highest BCUT2D eigenvalue weighted by molar-refractivity contribution is 8.02. The first-order valence-electron chi connectivity index (χ1n) is 8.20. The van der Waals surface area contributed by atoms with Crippen LogP contribution in [0, 0.1) is 0 Å². The number of ether oxygens (including phenoxy) is 2. The maximum absolute atomic E-state index is 10.3. The van der Waals surface area contributed by atoms with Gasteiger partial charge in [-0.2, -0.15) is 0 Å². The second kappa shape index (κ2) is 8.43. The lowest BCUT2D eigenvalue weighted by atomic mass is 9.89. The van der Waals surface area contributed by atoms with E-state index in [1.165, 1.54) is 0 Å². The Morgan fingerprint density at radius 1 is 0.833 bits per heavy atom. The van der Waals surface area contributed by atoms with Gasteiger partial charge in [0.1, 0.15) is 0 Å². The molecule has 1 aliphatic rings. The summed E-state index contributed by atoms with van der Waals surface area (Å²) >= 11 is 3.24. The Balaban J connectivity index is 2.16. The number of hydrogen-bond donors (Lipinski definition) is 2. The molecule has 6 heteroatoms. The smallest absolute Gasteiger partial charge is 0.0910 e. The molecule has 0 fully saturated rings. The van der Waals surface area contributed by atoms with E-state index >= 15 is 0 Å². The summed E-state index contributed by atoms with van der Waals surface area (Å²) in [5.41, 5.74) is -1.15. The lowest BCUT2D eigenvalue weighted by Gasteiger charge is -2.42.